The lowest BCUT2D eigenvalue weighted by Crippen LogP contribution is -2.40. The molecule has 2 saturated heterocycles. The maximum atomic E-state index is 12.0. The molecule has 0 N–H and O–H groups in total. The van der Waals surface area contributed by atoms with Crippen LogP contribution in [0.1, 0.15) is 57.0 Å². The van der Waals surface area contributed by atoms with E-state index in [4.69, 9.17) is 56.7 Å². The van der Waals surface area contributed by atoms with Crippen molar-refractivity contribution in [3.8, 4) is 0 Å². The highest BCUT2D eigenvalue weighted by atomic mass is 35.5. The predicted molar refractivity (Wildman–Crippen MR) is 133 cm³/mol. The van der Waals surface area contributed by atoms with E-state index in [0.29, 0.717) is 0 Å². The molecule has 0 aliphatic carbocycles. The molecule has 2 aliphatic rings. The summed E-state index contributed by atoms with van der Waals surface area (Å²) in [5.74, 6) is -7.47. The Balaban J connectivity index is 0.000000282. The quantitative estimate of drug-likeness (QED) is 0.491. The SMILES string of the molecule is [2H]C([2H])(Cl)c1ccc(C([2H])([2H])Cl)cc1.[2H]C([2H])(Cl)c1ccc(C([2H])([2H])N2C(=O)COC([2H])([2H])C2([2H])[2H])cc1.[2H]C1([2H])CC(=O)COC1([2H])[2H]. The second-order valence-electron chi connectivity index (χ2n) is 6.06. The third-order valence-electron chi connectivity index (χ3n) is 3.68. The van der Waals surface area contributed by atoms with E-state index in [9.17, 15) is 9.59 Å². The van der Waals surface area contributed by atoms with E-state index in [2.05, 4.69) is 9.47 Å². The van der Waals surface area contributed by atoms with E-state index < -0.39 is 74.7 Å². The second-order valence-corrected chi connectivity index (χ2v) is 6.63. The number of alkyl halides is 3. The Morgan fingerprint density at radius 1 is 0.788 bits per heavy atom. The van der Waals surface area contributed by atoms with Gasteiger partial charge in [-0.05, 0) is 28.6 Å². The number of carbonyl (C=O) groups is 2. The maximum absolute atomic E-state index is 12.0. The van der Waals surface area contributed by atoms with Crippen molar-refractivity contribution in [2.45, 2.75) is 36.8 Å². The number of ether oxygens (including phenoxy) is 2. The number of hydrogen-bond donors (Lipinski definition) is 0. The normalized spacial score (nSPS) is 30.8. The molecule has 33 heavy (non-hydrogen) atoms. The molecule has 1 amide bonds. The van der Waals surface area contributed by atoms with Crippen LogP contribution in [0.2, 0.25) is 0 Å². The lowest BCUT2D eigenvalue weighted by atomic mass is 10.1. The molecule has 2 aliphatic heterocycles. The molecule has 0 unspecified atom stereocenters. The average molecular weight is 531 g/mol. The minimum atomic E-state index is -3.05. The zero-order valence-electron chi connectivity index (χ0n) is 33.0. The fraction of sp³-hybridized carbons (Fsp3) is 0.440. The Kier molecular flexibility index (Phi) is 6.02. The maximum Gasteiger partial charge on any atom is 0.248 e. The molecule has 0 spiro atoms. The van der Waals surface area contributed by atoms with Crippen LogP contribution in [0.3, 0.4) is 0 Å². The summed E-state index contributed by atoms with van der Waals surface area (Å²) in [6.07, 6.45) is -2.59. The van der Waals surface area contributed by atoms with Crippen LogP contribution in [-0.2, 0) is 43.1 Å². The van der Waals surface area contributed by atoms with E-state index in [0.717, 1.165) is 0 Å². The summed E-state index contributed by atoms with van der Waals surface area (Å²) >= 11 is 16.4. The van der Waals surface area contributed by atoms with Crippen LogP contribution >= 0.6 is 34.8 Å². The molecular formula is C25H30Cl3NO4. The molecule has 5 nitrogen and oxygen atoms in total. The molecule has 4 rings (SSSR count). The third-order valence-corrected chi connectivity index (χ3v) is 4.33. The van der Waals surface area contributed by atoms with Gasteiger partial charge in [-0.15, -0.1) is 34.8 Å². The second kappa shape index (κ2) is 16.1. The van der Waals surface area contributed by atoms with Crippen molar-refractivity contribution in [2.24, 2.45) is 0 Å². The van der Waals surface area contributed by atoms with Gasteiger partial charge in [-0.25, -0.2) is 0 Å². The molecule has 2 heterocycles. The third kappa shape index (κ3) is 10.9. The van der Waals surface area contributed by atoms with Crippen molar-refractivity contribution in [1.29, 1.82) is 0 Å². The highest BCUT2D eigenvalue weighted by molar-refractivity contribution is 6.17. The van der Waals surface area contributed by atoms with Gasteiger partial charge in [0.05, 0.1) is 17.5 Å². The zero-order valence-corrected chi connectivity index (χ0v) is 19.2. The van der Waals surface area contributed by atoms with Gasteiger partial charge in [0.25, 0.3) is 0 Å². The van der Waals surface area contributed by atoms with Gasteiger partial charge in [-0.3, -0.25) is 9.59 Å². The first-order chi connectivity index (χ1) is 21.8. The Hall–Kier alpha value is -1.63. The van der Waals surface area contributed by atoms with Crippen molar-refractivity contribution >= 4 is 46.5 Å². The number of amides is 1. The topological polar surface area (TPSA) is 55.8 Å². The van der Waals surface area contributed by atoms with Gasteiger partial charge < -0.3 is 14.4 Å². The standard InChI is InChI=1S/C12H14ClNO2.C8H8Cl2.C5H8O2/c13-7-10-1-3-11(4-2-10)8-14-5-6-16-9-12(14)15;9-5-7-1-2-8(6-10)4-3-7;6-5-2-1-3-7-4-5/h1-4H,5-9H2;1-4H,5-6H2;1-4H2/i5D2,6D2,7D2,8D2;5D2,6D2;1D2,3D2. The first-order valence-electron chi connectivity index (χ1n) is 17.2. The number of hydrogen-bond acceptors (Lipinski definition) is 4. The Bertz CT molecular complexity index is 1440. The highest BCUT2D eigenvalue weighted by Gasteiger charge is 2.18. The fourth-order valence-electron chi connectivity index (χ4n) is 2.08. The lowest BCUT2D eigenvalue weighted by Gasteiger charge is -2.26. The van der Waals surface area contributed by atoms with Gasteiger partial charge in [0.15, 0.2) is 5.78 Å². The largest absolute Gasteiger partial charge is 0.374 e. The number of ketones is 1. The highest BCUT2D eigenvalue weighted by Crippen LogP contribution is 2.11. The van der Waals surface area contributed by atoms with Crippen molar-refractivity contribution < 1.29 is 41.0 Å². The van der Waals surface area contributed by atoms with Crippen molar-refractivity contribution in [3.05, 3.63) is 70.8 Å². The summed E-state index contributed by atoms with van der Waals surface area (Å²) in [7, 11) is 0. The van der Waals surface area contributed by atoms with Crippen LogP contribution in [0.4, 0.5) is 0 Å². The number of Topliss-reactive ketones (excluding diaryl/α,β-unsaturated/α-hetero) is 1. The molecule has 2 aromatic rings. The van der Waals surface area contributed by atoms with Crippen LogP contribution in [0.25, 0.3) is 0 Å². The van der Waals surface area contributed by atoms with E-state index in [-0.39, 0.29) is 33.8 Å². The van der Waals surface area contributed by atoms with Crippen molar-refractivity contribution in [2.75, 3.05) is 32.8 Å². The first kappa shape index (κ1) is 12.4. The van der Waals surface area contributed by atoms with E-state index in [1.54, 1.807) is 0 Å². The Labute approximate surface area is 233 Å². The molecule has 0 atom stereocenters. The van der Waals surface area contributed by atoms with Crippen molar-refractivity contribution in [3.63, 3.8) is 0 Å². The molecule has 0 radical (unpaired) electrons. The Morgan fingerprint density at radius 3 is 1.73 bits per heavy atom. The number of rotatable bonds is 5. The fourth-order valence-corrected chi connectivity index (χ4v) is 2.46. The van der Waals surface area contributed by atoms with Gasteiger partial charge in [0.2, 0.25) is 5.91 Å². The average Bonchev–Trinajstić information content (AvgIpc) is 2.93. The smallest absolute Gasteiger partial charge is 0.248 e. The predicted octanol–water partition coefficient (Wildman–Crippen LogP) is 5.31. The van der Waals surface area contributed by atoms with Gasteiger partial charge in [-0.2, -0.15) is 0 Å². The van der Waals surface area contributed by atoms with E-state index in [1.807, 2.05) is 0 Å². The molecular weight excluding hydrogens is 485 g/mol. The minimum Gasteiger partial charge on any atom is -0.374 e. The zero-order chi connectivity index (χ0) is 38.2. The number of carbonyl (C=O) groups excluding carboxylic acids is 2. The summed E-state index contributed by atoms with van der Waals surface area (Å²) < 4.78 is 128. The lowest BCUT2D eigenvalue weighted by molar-refractivity contribution is -0.143. The van der Waals surface area contributed by atoms with Crippen LogP contribution in [0.15, 0.2) is 48.5 Å². The van der Waals surface area contributed by atoms with Gasteiger partial charge in [-0.1, -0.05) is 48.5 Å². The van der Waals surface area contributed by atoms with Crippen LogP contribution in [0.5, 0.6) is 0 Å². The summed E-state index contributed by atoms with van der Waals surface area (Å²) in [5, 5.41) is 0. The monoisotopic (exact) mass is 529 g/mol. The molecule has 0 saturated carbocycles. The summed E-state index contributed by atoms with van der Waals surface area (Å²) in [5.41, 5.74) is 0.477. The molecule has 2 fully saturated rings. The number of benzene rings is 2. The van der Waals surface area contributed by atoms with E-state index in [1.165, 1.54) is 48.5 Å². The summed E-state index contributed by atoms with van der Waals surface area (Å²) in [6.45, 7) is -12.1. The number of nitrogens with zero attached hydrogens (tertiary/aromatic N) is 1. The molecule has 180 valence electrons. The van der Waals surface area contributed by atoms with Crippen LogP contribution in [0, 0.1) is 0 Å². The van der Waals surface area contributed by atoms with Gasteiger partial charge >= 0.3 is 0 Å². The summed E-state index contributed by atoms with van der Waals surface area (Å²) in [6, 6.07) is 10.5. The number of halogens is 3. The minimum absolute atomic E-state index is 0.0651. The molecule has 0 bridgehead atoms. The molecule has 2 aromatic carbocycles. The number of morpholine rings is 1. The summed E-state index contributed by atoms with van der Waals surface area (Å²) in [4.78, 5) is 22.8. The van der Waals surface area contributed by atoms with Gasteiger partial charge in [0.1, 0.15) is 13.2 Å². The van der Waals surface area contributed by atoms with Crippen molar-refractivity contribution in [1.82, 2.24) is 4.90 Å². The van der Waals surface area contributed by atoms with Crippen LogP contribution < -0.4 is 0 Å². The molecule has 8 heteroatoms. The van der Waals surface area contributed by atoms with E-state index >= 15 is 0 Å². The first-order valence-corrected chi connectivity index (χ1v) is 10.3. The van der Waals surface area contributed by atoms with Gasteiger partial charge in [0, 0.05) is 54.4 Å². The Morgan fingerprint density at radius 2 is 1.27 bits per heavy atom. The van der Waals surface area contributed by atoms with Crippen LogP contribution in [-0.4, -0.2) is 49.4 Å². The molecule has 0 aromatic heterocycles.